The molecule has 5 nitrogen and oxygen atoms in total. The number of piperidine rings is 2. The summed E-state index contributed by atoms with van der Waals surface area (Å²) in [6, 6.07) is 8.08. The fraction of sp³-hybridized carbons (Fsp3) is 0.467. The molecule has 3 aliphatic heterocycles. The van der Waals surface area contributed by atoms with Gasteiger partial charge in [0, 0.05) is 25.7 Å². The minimum atomic E-state index is -0.617. The molecule has 4 rings (SSSR count). The van der Waals surface area contributed by atoms with Crippen LogP contribution in [0.4, 0.5) is 5.69 Å². The van der Waals surface area contributed by atoms with Crippen molar-refractivity contribution in [3.8, 4) is 0 Å². The smallest absolute Gasteiger partial charge is 0.235 e. The average Bonchev–Trinajstić information content (AvgIpc) is 2.36. The van der Waals surface area contributed by atoms with Gasteiger partial charge >= 0.3 is 0 Å². The Labute approximate surface area is 118 Å². The zero-order chi connectivity index (χ0) is 14.5. The number of hydrogen-bond donors (Lipinski definition) is 2. The summed E-state index contributed by atoms with van der Waals surface area (Å²) in [5, 5.41) is 5.75. The lowest BCUT2D eigenvalue weighted by Gasteiger charge is -2.48. The monoisotopic (exact) mass is 273 g/mol. The Kier molecular flexibility index (Phi) is 2.74. The molecule has 0 saturated carbocycles. The SMILES string of the molecule is CN(C)c1ccc([C@H]2CC3(C)NC(=O)C2C(=O)N3)cc1. The first-order chi connectivity index (χ1) is 9.39. The molecule has 0 aromatic heterocycles. The van der Waals surface area contributed by atoms with Gasteiger partial charge in [-0.15, -0.1) is 0 Å². The molecule has 2 amide bonds. The maximum atomic E-state index is 12.1. The van der Waals surface area contributed by atoms with E-state index in [1.165, 1.54) is 0 Å². The van der Waals surface area contributed by atoms with Crippen LogP contribution in [0.5, 0.6) is 0 Å². The van der Waals surface area contributed by atoms with E-state index in [-0.39, 0.29) is 17.7 Å². The molecule has 1 aromatic rings. The van der Waals surface area contributed by atoms with Crippen molar-refractivity contribution in [3.63, 3.8) is 0 Å². The van der Waals surface area contributed by atoms with E-state index in [1.54, 1.807) is 0 Å². The molecule has 3 aliphatic rings. The summed E-state index contributed by atoms with van der Waals surface area (Å²) in [5.74, 6) is -0.978. The van der Waals surface area contributed by atoms with Crippen LogP contribution in [0.1, 0.15) is 24.8 Å². The van der Waals surface area contributed by atoms with Crippen molar-refractivity contribution in [1.29, 1.82) is 0 Å². The summed E-state index contributed by atoms with van der Waals surface area (Å²) < 4.78 is 0. The van der Waals surface area contributed by atoms with Gasteiger partial charge in [-0.1, -0.05) is 12.1 Å². The minimum absolute atomic E-state index is 0.0429. The van der Waals surface area contributed by atoms with E-state index in [1.807, 2.05) is 50.2 Å². The molecule has 0 aliphatic carbocycles. The number of carbonyl (C=O) groups is 2. The van der Waals surface area contributed by atoms with Gasteiger partial charge in [-0.3, -0.25) is 9.59 Å². The first-order valence-corrected chi connectivity index (χ1v) is 6.81. The van der Waals surface area contributed by atoms with Crippen molar-refractivity contribution in [2.75, 3.05) is 19.0 Å². The van der Waals surface area contributed by atoms with Crippen LogP contribution in [0.2, 0.25) is 0 Å². The molecule has 0 spiro atoms. The lowest BCUT2D eigenvalue weighted by Crippen LogP contribution is -2.72. The van der Waals surface area contributed by atoms with Gasteiger partial charge in [0.1, 0.15) is 11.6 Å². The second kappa shape index (κ2) is 4.23. The number of amides is 2. The molecule has 5 heteroatoms. The highest BCUT2D eigenvalue weighted by atomic mass is 16.2. The summed E-state index contributed by atoms with van der Waals surface area (Å²) >= 11 is 0. The molecule has 3 heterocycles. The number of rotatable bonds is 2. The molecule has 0 radical (unpaired) electrons. The lowest BCUT2D eigenvalue weighted by molar-refractivity contribution is -0.149. The predicted octanol–water partition coefficient (Wildman–Crippen LogP) is 0.818. The van der Waals surface area contributed by atoms with Gasteiger partial charge < -0.3 is 15.5 Å². The second-order valence-corrected chi connectivity index (χ2v) is 6.08. The second-order valence-electron chi connectivity index (χ2n) is 6.08. The van der Waals surface area contributed by atoms with Crippen molar-refractivity contribution in [2.45, 2.75) is 24.9 Å². The molecule has 3 saturated heterocycles. The normalized spacial score (nSPS) is 31.8. The van der Waals surface area contributed by atoms with E-state index in [4.69, 9.17) is 0 Å². The number of carbonyl (C=O) groups excluding carboxylic acids is 2. The summed E-state index contributed by atoms with van der Waals surface area (Å²) in [6.45, 7) is 1.86. The maximum absolute atomic E-state index is 12.1. The Morgan fingerprint density at radius 2 is 1.65 bits per heavy atom. The Bertz CT molecular complexity index is 547. The van der Waals surface area contributed by atoms with Crippen molar-refractivity contribution < 1.29 is 9.59 Å². The van der Waals surface area contributed by atoms with Gasteiger partial charge in [0.05, 0.1) is 0 Å². The van der Waals surface area contributed by atoms with Crippen LogP contribution in [-0.4, -0.2) is 31.6 Å². The Morgan fingerprint density at radius 1 is 1.10 bits per heavy atom. The van der Waals surface area contributed by atoms with E-state index >= 15 is 0 Å². The zero-order valence-electron chi connectivity index (χ0n) is 11.9. The molecule has 1 aromatic carbocycles. The van der Waals surface area contributed by atoms with E-state index in [9.17, 15) is 9.59 Å². The fourth-order valence-electron chi connectivity index (χ4n) is 3.20. The van der Waals surface area contributed by atoms with Crippen LogP contribution in [0.3, 0.4) is 0 Å². The van der Waals surface area contributed by atoms with E-state index in [2.05, 4.69) is 10.6 Å². The zero-order valence-corrected chi connectivity index (χ0v) is 11.9. The van der Waals surface area contributed by atoms with Gasteiger partial charge in [0.2, 0.25) is 11.8 Å². The van der Waals surface area contributed by atoms with Gasteiger partial charge in [-0.25, -0.2) is 0 Å². The molecule has 0 unspecified atom stereocenters. The quantitative estimate of drug-likeness (QED) is 0.784. The van der Waals surface area contributed by atoms with Gasteiger partial charge in [-0.05, 0) is 31.0 Å². The number of hydrogen-bond acceptors (Lipinski definition) is 3. The minimum Gasteiger partial charge on any atom is -0.378 e. The molecule has 3 fully saturated rings. The van der Waals surface area contributed by atoms with Gasteiger partial charge in [-0.2, -0.15) is 0 Å². The summed E-state index contributed by atoms with van der Waals surface area (Å²) in [4.78, 5) is 26.1. The van der Waals surface area contributed by atoms with E-state index < -0.39 is 11.6 Å². The molecule has 2 bridgehead atoms. The highest BCUT2D eigenvalue weighted by Crippen LogP contribution is 2.40. The maximum Gasteiger partial charge on any atom is 0.235 e. The molecule has 1 atom stereocenters. The summed E-state index contributed by atoms with van der Waals surface area (Å²) in [6.07, 6.45) is 0.733. The lowest BCUT2D eigenvalue weighted by atomic mass is 9.72. The van der Waals surface area contributed by atoms with E-state index in [0.717, 1.165) is 17.7 Å². The van der Waals surface area contributed by atoms with Crippen molar-refractivity contribution in [2.24, 2.45) is 5.92 Å². The van der Waals surface area contributed by atoms with Gasteiger partial charge in [0.25, 0.3) is 0 Å². The molecule has 106 valence electrons. The van der Waals surface area contributed by atoms with E-state index in [0.29, 0.717) is 0 Å². The van der Waals surface area contributed by atoms with Crippen LogP contribution in [0.25, 0.3) is 0 Å². The van der Waals surface area contributed by atoms with Crippen LogP contribution in [0.15, 0.2) is 24.3 Å². The molecular weight excluding hydrogens is 254 g/mol. The Balaban J connectivity index is 1.94. The van der Waals surface area contributed by atoms with Crippen molar-refractivity contribution >= 4 is 17.5 Å². The highest BCUT2D eigenvalue weighted by molar-refractivity contribution is 6.05. The average molecular weight is 273 g/mol. The van der Waals surface area contributed by atoms with Crippen LogP contribution < -0.4 is 15.5 Å². The number of nitrogens with zero attached hydrogens (tertiary/aromatic N) is 1. The third-order valence-corrected chi connectivity index (χ3v) is 4.23. The third kappa shape index (κ3) is 1.94. The molecule has 20 heavy (non-hydrogen) atoms. The number of fused-ring (bicyclic) bond motifs is 3. The standard InChI is InChI=1S/C15H19N3O2/c1-15-8-11(12(13(19)16-15)14(20)17-15)9-4-6-10(7-5-9)18(2)3/h4-7,11-12H,8H2,1-3H3,(H,16,19)(H,17,20)/t11-,12?,15?/m1/s1. The van der Waals surface area contributed by atoms with Crippen LogP contribution in [-0.2, 0) is 9.59 Å². The number of anilines is 1. The first-order valence-electron chi connectivity index (χ1n) is 6.81. The van der Waals surface area contributed by atoms with Crippen LogP contribution in [0, 0.1) is 5.92 Å². The number of nitrogens with one attached hydrogen (secondary N) is 2. The highest BCUT2D eigenvalue weighted by Gasteiger charge is 2.52. The first kappa shape index (κ1) is 13.0. The third-order valence-electron chi connectivity index (χ3n) is 4.23. The van der Waals surface area contributed by atoms with Crippen molar-refractivity contribution in [3.05, 3.63) is 29.8 Å². The summed E-state index contributed by atoms with van der Waals surface area (Å²) in [7, 11) is 3.97. The fourth-order valence-corrected chi connectivity index (χ4v) is 3.20. The van der Waals surface area contributed by atoms with Crippen molar-refractivity contribution in [1.82, 2.24) is 10.6 Å². The summed E-state index contributed by atoms with van der Waals surface area (Å²) in [5.41, 5.74) is 1.54. The Hall–Kier alpha value is -2.04. The topological polar surface area (TPSA) is 61.4 Å². The van der Waals surface area contributed by atoms with Gasteiger partial charge in [0.15, 0.2) is 0 Å². The molecular formula is C15H19N3O2. The largest absolute Gasteiger partial charge is 0.378 e. The predicted molar refractivity (Wildman–Crippen MR) is 76.3 cm³/mol. The molecule has 2 N–H and O–H groups in total. The Morgan fingerprint density at radius 3 is 2.10 bits per heavy atom. The number of benzene rings is 1. The van der Waals surface area contributed by atoms with Crippen LogP contribution >= 0.6 is 0 Å².